The molecule has 2 aromatic rings. The van der Waals surface area contributed by atoms with Crippen molar-refractivity contribution in [2.75, 3.05) is 13.1 Å². The number of amides is 2. The molecule has 0 spiro atoms. The fourth-order valence-corrected chi connectivity index (χ4v) is 6.16. The van der Waals surface area contributed by atoms with Gasteiger partial charge in [0, 0.05) is 18.9 Å². The van der Waals surface area contributed by atoms with Crippen LogP contribution < -0.4 is 28.3 Å². The van der Waals surface area contributed by atoms with Crippen molar-refractivity contribution in [2.45, 2.75) is 96.9 Å². The molecule has 1 aromatic heterocycles. The van der Waals surface area contributed by atoms with Gasteiger partial charge in [-0.1, -0.05) is 37.3 Å². The van der Waals surface area contributed by atoms with Crippen LogP contribution in [0, 0.1) is 31.6 Å². The number of hydrogen-bond donors (Lipinski definition) is 6. The number of hydrogen-bond acceptors (Lipinski definition) is 8. The van der Waals surface area contributed by atoms with Gasteiger partial charge in [0.25, 0.3) is 0 Å². The summed E-state index contributed by atoms with van der Waals surface area (Å²) < 4.78 is 5.69. The lowest BCUT2D eigenvalue weighted by molar-refractivity contribution is -0.134. The Kier molecular flexibility index (Phi) is 13.2. The van der Waals surface area contributed by atoms with Crippen LogP contribution in [0.3, 0.4) is 0 Å². The highest BCUT2D eigenvalue weighted by atomic mass is 16.5. The van der Waals surface area contributed by atoms with Crippen molar-refractivity contribution in [3.8, 4) is 5.75 Å². The molecule has 43 heavy (non-hydrogen) atoms. The minimum absolute atomic E-state index is 0.0389. The van der Waals surface area contributed by atoms with Crippen molar-refractivity contribution in [1.82, 2.24) is 15.5 Å². The van der Waals surface area contributed by atoms with Gasteiger partial charge in [0.15, 0.2) is 11.8 Å². The molecule has 1 aromatic carbocycles. The van der Waals surface area contributed by atoms with Gasteiger partial charge in [0.2, 0.25) is 17.7 Å². The molecule has 0 radical (unpaired) electrons. The molecule has 10 N–H and O–H groups in total. The fraction of sp³-hybridized carbons (Fsp3) is 0.645. The van der Waals surface area contributed by atoms with Gasteiger partial charge in [-0.25, -0.2) is 0 Å². The van der Waals surface area contributed by atoms with Gasteiger partial charge in [0.1, 0.15) is 11.8 Å². The van der Waals surface area contributed by atoms with Crippen LogP contribution in [-0.4, -0.2) is 46.1 Å². The van der Waals surface area contributed by atoms with Crippen molar-refractivity contribution in [3.05, 3.63) is 40.5 Å². The number of phenols is 1. The molecule has 3 atom stereocenters. The average Bonchev–Trinajstić information content (AvgIpc) is 3.41. The molecule has 12 heteroatoms. The van der Waals surface area contributed by atoms with E-state index in [4.69, 9.17) is 32.4 Å². The molecule has 1 aliphatic carbocycles. The maximum Gasteiger partial charge on any atom is 0.249 e. The summed E-state index contributed by atoms with van der Waals surface area (Å²) in [5.41, 5.74) is 25.1. The van der Waals surface area contributed by atoms with Crippen molar-refractivity contribution in [1.29, 1.82) is 0 Å². The molecule has 1 heterocycles. The third-order valence-corrected chi connectivity index (χ3v) is 8.50. The molecular formula is C31H50N8O4. The van der Waals surface area contributed by atoms with Gasteiger partial charge in [-0.2, -0.15) is 4.98 Å². The number of guanidine groups is 1. The van der Waals surface area contributed by atoms with Gasteiger partial charge in [-0.3, -0.25) is 14.6 Å². The number of nitrogens with one attached hydrogen (secondary N) is 1. The Hall–Kier alpha value is -3.67. The summed E-state index contributed by atoms with van der Waals surface area (Å²) in [6, 6.07) is 2.76. The lowest BCUT2D eigenvalue weighted by atomic mass is 9.80. The van der Waals surface area contributed by atoms with Crippen LogP contribution in [0.15, 0.2) is 21.6 Å². The second-order valence-electron chi connectivity index (χ2n) is 11.9. The smallest absolute Gasteiger partial charge is 0.249 e. The summed E-state index contributed by atoms with van der Waals surface area (Å²) in [5, 5.41) is 17.5. The first-order valence-corrected chi connectivity index (χ1v) is 15.6. The minimum atomic E-state index is -0.791. The number of nitrogens with two attached hydrogens (primary N) is 4. The predicted octanol–water partition coefficient (Wildman–Crippen LogP) is 2.82. The van der Waals surface area contributed by atoms with Crippen LogP contribution in [0.25, 0.3) is 0 Å². The highest BCUT2D eigenvalue weighted by molar-refractivity contribution is 5.87. The number of aromatic hydroxyl groups is 1. The highest BCUT2D eigenvalue weighted by Crippen LogP contribution is 2.30. The standard InChI is InChI=1S/C31H50N8O4/c1-19-15-22(40)16-20(2)24(19)18-25(23(28(33)41)11-8-14-36-31(34)35)29(42)37-26(12-6-7-13-32)30-38-27(39-43-30)17-21-9-4-3-5-10-21/h15-16,21,23,25-26,40H,3-14,17-18,32H2,1-2H3,(H2,33,41)(H,37,42)(H4,34,35,36)/t23?,25-,26-/m0/s1. The highest BCUT2D eigenvalue weighted by Gasteiger charge is 2.35. The number of carbonyl (C=O) groups is 2. The molecule has 1 fully saturated rings. The van der Waals surface area contributed by atoms with E-state index in [1.54, 1.807) is 12.1 Å². The van der Waals surface area contributed by atoms with Crippen LogP contribution >= 0.6 is 0 Å². The summed E-state index contributed by atoms with van der Waals surface area (Å²) in [6.45, 7) is 4.58. The average molecular weight is 599 g/mol. The van der Waals surface area contributed by atoms with E-state index >= 15 is 0 Å². The fourth-order valence-electron chi connectivity index (χ4n) is 6.16. The third-order valence-electron chi connectivity index (χ3n) is 8.50. The number of phenolic OH excluding ortho intramolecular Hbond substituents is 1. The molecule has 0 bridgehead atoms. The molecule has 0 aliphatic heterocycles. The largest absolute Gasteiger partial charge is 0.508 e. The van der Waals surface area contributed by atoms with Gasteiger partial charge in [-0.15, -0.1) is 0 Å². The Labute approximate surface area is 254 Å². The summed E-state index contributed by atoms with van der Waals surface area (Å²) >= 11 is 0. The number of aryl methyl sites for hydroxylation is 2. The molecule has 1 unspecified atom stereocenters. The zero-order valence-electron chi connectivity index (χ0n) is 25.7. The molecule has 12 nitrogen and oxygen atoms in total. The lowest BCUT2D eigenvalue weighted by Crippen LogP contribution is -2.43. The SMILES string of the molecule is Cc1cc(O)cc(C)c1C[C@H](C(=O)N[C@@H](CCCCN)c1nc(CC2CCCCC2)no1)C(CCCN=C(N)N)C(N)=O. The minimum Gasteiger partial charge on any atom is -0.508 e. The summed E-state index contributed by atoms with van der Waals surface area (Å²) in [4.78, 5) is 35.6. The van der Waals surface area contributed by atoms with E-state index in [0.29, 0.717) is 50.0 Å². The number of rotatable bonds is 17. The Bertz CT molecular complexity index is 1200. The van der Waals surface area contributed by atoms with Gasteiger partial charge < -0.3 is 37.9 Å². The van der Waals surface area contributed by atoms with E-state index in [9.17, 15) is 14.7 Å². The van der Waals surface area contributed by atoms with Crippen molar-refractivity contribution in [2.24, 2.45) is 45.7 Å². The number of aromatic nitrogens is 2. The van der Waals surface area contributed by atoms with Crippen LogP contribution in [0.4, 0.5) is 0 Å². The molecule has 0 saturated heterocycles. The first-order chi connectivity index (χ1) is 20.6. The Morgan fingerprint density at radius 3 is 2.37 bits per heavy atom. The van der Waals surface area contributed by atoms with Crippen LogP contribution in [0.1, 0.15) is 98.7 Å². The zero-order chi connectivity index (χ0) is 31.4. The molecule has 238 valence electrons. The van der Waals surface area contributed by atoms with E-state index < -0.39 is 23.8 Å². The molecule has 1 saturated carbocycles. The number of primary amides is 1. The molecule has 3 rings (SSSR count). The second kappa shape index (κ2) is 16.8. The van der Waals surface area contributed by atoms with Crippen molar-refractivity contribution >= 4 is 17.8 Å². The first-order valence-electron chi connectivity index (χ1n) is 15.6. The molecular weight excluding hydrogens is 548 g/mol. The molecule has 2 amide bonds. The van der Waals surface area contributed by atoms with E-state index in [-0.39, 0.29) is 24.0 Å². The third kappa shape index (κ3) is 10.5. The summed E-state index contributed by atoms with van der Waals surface area (Å²) in [6.07, 6.45) is 9.94. The second-order valence-corrected chi connectivity index (χ2v) is 11.9. The van der Waals surface area contributed by atoms with E-state index in [1.807, 2.05) is 13.8 Å². The number of nitrogens with zero attached hydrogens (tertiary/aromatic N) is 3. The van der Waals surface area contributed by atoms with Gasteiger partial charge in [0.05, 0.1) is 5.92 Å². The van der Waals surface area contributed by atoms with Crippen LogP contribution in [-0.2, 0) is 22.4 Å². The maximum absolute atomic E-state index is 14.1. The topological polar surface area (TPSA) is 222 Å². The normalized spacial score (nSPS) is 15.9. The van der Waals surface area contributed by atoms with E-state index in [2.05, 4.69) is 15.5 Å². The Balaban J connectivity index is 1.88. The first kappa shape index (κ1) is 33.8. The number of carbonyl (C=O) groups excluding carboxylic acids is 2. The van der Waals surface area contributed by atoms with E-state index in [0.717, 1.165) is 48.8 Å². The van der Waals surface area contributed by atoms with Gasteiger partial charge >= 0.3 is 0 Å². The predicted molar refractivity (Wildman–Crippen MR) is 166 cm³/mol. The Morgan fingerprint density at radius 2 is 1.74 bits per heavy atom. The summed E-state index contributed by atoms with van der Waals surface area (Å²) in [5.74, 6) is -0.825. The molecule has 1 aliphatic rings. The monoisotopic (exact) mass is 598 g/mol. The number of aliphatic imine (C=N–C) groups is 1. The zero-order valence-corrected chi connectivity index (χ0v) is 25.7. The quantitative estimate of drug-likeness (QED) is 0.0893. The van der Waals surface area contributed by atoms with Crippen molar-refractivity contribution < 1.29 is 19.2 Å². The van der Waals surface area contributed by atoms with Gasteiger partial charge in [-0.05, 0) is 93.7 Å². The van der Waals surface area contributed by atoms with Crippen molar-refractivity contribution in [3.63, 3.8) is 0 Å². The van der Waals surface area contributed by atoms with Crippen LogP contribution in [0.5, 0.6) is 5.75 Å². The maximum atomic E-state index is 14.1. The number of benzene rings is 1. The van der Waals surface area contributed by atoms with E-state index in [1.165, 1.54) is 19.3 Å². The number of unbranched alkanes of at least 4 members (excludes halogenated alkanes) is 1. The van der Waals surface area contributed by atoms with Crippen LogP contribution in [0.2, 0.25) is 0 Å². The Morgan fingerprint density at radius 1 is 1.05 bits per heavy atom. The lowest BCUT2D eigenvalue weighted by Gasteiger charge is -2.27. The summed E-state index contributed by atoms with van der Waals surface area (Å²) in [7, 11) is 0.